The van der Waals surface area contributed by atoms with Gasteiger partial charge in [-0.1, -0.05) is 58.0 Å². The van der Waals surface area contributed by atoms with Gasteiger partial charge in [-0.2, -0.15) is 0 Å². The molecule has 0 fully saturated rings. The van der Waals surface area contributed by atoms with Crippen LogP contribution < -0.4 is 4.74 Å². The number of phenols is 2. The molecule has 0 bridgehead atoms. The van der Waals surface area contributed by atoms with Crippen LogP contribution in [0.3, 0.4) is 0 Å². The summed E-state index contributed by atoms with van der Waals surface area (Å²) < 4.78 is 7.29. The molecule has 172 valence electrons. The molecule has 1 aliphatic rings. The number of halogens is 8. The van der Waals surface area contributed by atoms with E-state index in [1.54, 1.807) is 12.1 Å². The Morgan fingerprint density at radius 1 is 0.788 bits per heavy atom. The zero-order chi connectivity index (χ0) is 24.5. The van der Waals surface area contributed by atoms with Crippen LogP contribution in [0.2, 0.25) is 25.1 Å². The van der Waals surface area contributed by atoms with Crippen molar-refractivity contribution in [2.24, 2.45) is 0 Å². The molecule has 0 aliphatic carbocycles. The molecule has 3 aromatic carbocycles. The molecule has 1 heterocycles. The smallest absolute Gasteiger partial charge is 0.337 e. The van der Waals surface area contributed by atoms with E-state index in [-0.39, 0.29) is 59.2 Å². The van der Waals surface area contributed by atoms with Crippen molar-refractivity contribution in [1.29, 1.82) is 0 Å². The first-order valence-electron chi connectivity index (χ1n) is 8.57. The van der Waals surface area contributed by atoms with E-state index in [1.165, 1.54) is 0 Å². The topological polar surface area (TPSA) is 87.0 Å². The number of benzene rings is 3. The molecule has 0 saturated heterocycles. The molecule has 13 heteroatoms. The maximum Gasteiger partial charge on any atom is 0.337 e. The Labute approximate surface area is 252 Å². The summed E-state index contributed by atoms with van der Waals surface area (Å²) in [6, 6.07) is 3.25. The highest BCUT2D eigenvalue weighted by Crippen LogP contribution is 2.58. The summed E-state index contributed by atoms with van der Waals surface area (Å²) >= 11 is 37.6. The van der Waals surface area contributed by atoms with Gasteiger partial charge in [-0.05, 0) is 79.9 Å². The minimum Gasteiger partial charge on any atom is -0.506 e. The number of carbonyl (C=O) groups is 1. The van der Waals surface area contributed by atoms with Crippen LogP contribution in [-0.2, 0) is 0 Å². The van der Waals surface area contributed by atoms with E-state index in [0.717, 1.165) is 0 Å². The van der Waals surface area contributed by atoms with Crippen molar-refractivity contribution in [2.75, 3.05) is 0 Å². The van der Waals surface area contributed by atoms with Gasteiger partial charge < -0.3 is 20.1 Å². The van der Waals surface area contributed by atoms with Crippen LogP contribution in [0.15, 0.2) is 12.1 Å². The molecule has 3 N–H and O–H groups in total. The Morgan fingerprint density at radius 3 is 1.88 bits per heavy atom. The molecule has 5 nitrogen and oxygen atoms in total. The van der Waals surface area contributed by atoms with Gasteiger partial charge in [0, 0.05) is 22.6 Å². The summed E-state index contributed by atoms with van der Waals surface area (Å²) in [6.45, 7) is 0. The number of rotatable bonds is 2. The number of phenolic OH excluding ortho intramolecular Hbond substituents is 2. The van der Waals surface area contributed by atoms with Crippen molar-refractivity contribution in [3.8, 4) is 23.0 Å². The third-order valence-electron chi connectivity index (χ3n) is 4.99. The molecule has 1 atom stereocenters. The molecular weight excluding hydrogens is 878 g/mol. The van der Waals surface area contributed by atoms with Gasteiger partial charge in [0.1, 0.15) is 16.5 Å². The van der Waals surface area contributed by atoms with E-state index in [4.69, 9.17) is 62.7 Å². The van der Waals surface area contributed by atoms with Crippen molar-refractivity contribution < 1.29 is 24.9 Å². The highest BCUT2D eigenvalue weighted by atomic mass is 127. The van der Waals surface area contributed by atoms with Gasteiger partial charge in [0.15, 0.2) is 11.5 Å². The van der Waals surface area contributed by atoms with Crippen molar-refractivity contribution >= 4 is 132 Å². The molecule has 0 radical (unpaired) electrons. The average molecular weight is 884 g/mol. The van der Waals surface area contributed by atoms with E-state index in [2.05, 4.69) is 0 Å². The zero-order valence-corrected chi connectivity index (χ0v) is 25.7. The second kappa shape index (κ2) is 9.56. The van der Waals surface area contributed by atoms with Crippen molar-refractivity contribution in [3.05, 3.63) is 70.2 Å². The SMILES string of the molecule is O=C(O)c1c(Cl)c(Cl)c(Cl)c(Cl)c1C1c2cc(I)c(O)c(Cl)c2Oc2c1cc(I)c(O)c2I. The lowest BCUT2D eigenvalue weighted by atomic mass is 9.80. The van der Waals surface area contributed by atoms with Crippen molar-refractivity contribution in [1.82, 2.24) is 0 Å². The van der Waals surface area contributed by atoms with Gasteiger partial charge in [0.2, 0.25) is 0 Å². The van der Waals surface area contributed by atoms with Gasteiger partial charge >= 0.3 is 5.97 Å². The number of fused-ring (bicyclic) bond motifs is 2. The van der Waals surface area contributed by atoms with Crippen LogP contribution in [0.4, 0.5) is 0 Å². The molecule has 4 rings (SSSR count). The van der Waals surface area contributed by atoms with Crippen LogP contribution >= 0.6 is 126 Å². The van der Waals surface area contributed by atoms with Crippen molar-refractivity contribution in [2.45, 2.75) is 5.92 Å². The third-order valence-corrected chi connectivity index (χ3v) is 9.80. The molecule has 33 heavy (non-hydrogen) atoms. The third kappa shape index (κ3) is 4.13. The van der Waals surface area contributed by atoms with E-state index in [0.29, 0.717) is 21.8 Å². The lowest BCUT2D eigenvalue weighted by molar-refractivity contribution is 0.0695. The molecule has 0 amide bonds. The highest BCUT2D eigenvalue weighted by Gasteiger charge is 2.39. The first kappa shape index (κ1) is 26.2. The largest absolute Gasteiger partial charge is 0.506 e. The van der Waals surface area contributed by atoms with E-state index >= 15 is 0 Å². The van der Waals surface area contributed by atoms with E-state index < -0.39 is 11.9 Å². The minimum atomic E-state index is -1.37. The maximum absolute atomic E-state index is 12.3. The summed E-state index contributed by atoms with van der Waals surface area (Å²) in [5.41, 5.74) is 0.651. The molecule has 0 saturated carbocycles. The highest BCUT2D eigenvalue weighted by molar-refractivity contribution is 14.1. The van der Waals surface area contributed by atoms with Crippen LogP contribution in [0.5, 0.6) is 23.0 Å². The van der Waals surface area contributed by atoms with Gasteiger partial charge in [0.25, 0.3) is 0 Å². The lowest BCUT2D eigenvalue weighted by Crippen LogP contribution is -2.18. The molecule has 1 unspecified atom stereocenters. The predicted octanol–water partition coefficient (Wildman–Crippen LogP) is 9.16. The van der Waals surface area contributed by atoms with Gasteiger partial charge in [-0.25, -0.2) is 4.79 Å². The summed E-state index contributed by atoms with van der Waals surface area (Å²) in [6.07, 6.45) is 0. The van der Waals surface area contributed by atoms with Gasteiger partial charge in [-0.3, -0.25) is 0 Å². The number of ether oxygens (including phenoxy) is 1. The summed E-state index contributed by atoms with van der Waals surface area (Å²) in [5.74, 6) is -2.18. The Bertz CT molecular complexity index is 1330. The van der Waals surface area contributed by atoms with E-state index in [9.17, 15) is 20.1 Å². The first-order chi connectivity index (χ1) is 15.4. The standard InChI is InChI=1S/C20H6Cl5I3O5/c21-10-8(9(20(31)32)11(22)13(24)12(10)23)7-3-1-5(26)16(29)14(25)18(3)33-19-4(7)2-6(27)17(30)15(19)28/h1-2,7,29-30H,(H,31,32). The first-order valence-corrected chi connectivity index (χ1v) is 13.7. The number of carboxylic acid groups (broad SMARTS) is 1. The molecular formula is C20H6Cl5I3O5. The van der Waals surface area contributed by atoms with Crippen LogP contribution in [0.25, 0.3) is 0 Å². The van der Waals surface area contributed by atoms with Crippen LogP contribution in [0.1, 0.15) is 33.0 Å². The predicted molar refractivity (Wildman–Crippen MR) is 154 cm³/mol. The number of hydrogen-bond donors (Lipinski definition) is 3. The molecule has 3 aromatic rings. The lowest BCUT2D eigenvalue weighted by Gasteiger charge is -2.32. The summed E-state index contributed by atoms with van der Waals surface area (Å²) in [4.78, 5) is 12.3. The quantitative estimate of drug-likeness (QED) is 0.106. The summed E-state index contributed by atoms with van der Waals surface area (Å²) in [5, 5.41) is 30.2. The van der Waals surface area contributed by atoms with Gasteiger partial charge in [0.05, 0.1) is 36.4 Å². The minimum absolute atomic E-state index is 0.0280. The fourth-order valence-corrected chi connectivity index (χ4v) is 7.47. The number of aromatic carboxylic acids is 1. The van der Waals surface area contributed by atoms with Gasteiger partial charge in [-0.15, -0.1) is 0 Å². The Hall–Kier alpha value is 0.170. The Morgan fingerprint density at radius 2 is 1.30 bits per heavy atom. The fraction of sp³-hybridized carbons (Fsp3) is 0.0500. The number of carboxylic acids is 1. The Balaban J connectivity index is 2.24. The molecule has 0 aromatic heterocycles. The normalized spacial score (nSPS) is 14.5. The average Bonchev–Trinajstić information content (AvgIpc) is 2.76. The number of hydrogen-bond acceptors (Lipinski definition) is 4. The van der Waals surface area contributed by atoms with Crippen LogP contribution in [0, 0.1) is 10.7 Å². The molecule has 0 spiro atoms. The fourth-order valence-electron chi connectivity index (χ4n) is 3.56. The Kier molecular flexibility index (Phi) is 7.60. The zero-order valence-electron chi connectivity index (χ0n) is 15.4. The monoisotopic (exact) mass is 882 g/mol. The van der Waals surface area contributed by atoms with Crippen LogP contribution in [-0.4, -0.2) is 21.3 Å². The number of aromatic hydroxyl groups is 2. The molecule has 1 aliphatic heterocycles. The van der Waals surface area contributed by atoms with E-state index in [1.807, 2.05) is 67.8 Å². The second-order valence-electron chi connectivity index (χ2n) is 6.76. The second-order valence-corrected chi connectivity index (χ2v) is 12.1. The summed E-state index contributed by atoms with van der Waals surface area (Å²) in [7, 11) is 0. The van der Waals surface area contributed by atoms with Crippen molar-refractivity contribution in [3.63, 3.8) is 0 Å². The maximum atomic E-state index is 12.3.